The van der Waals surface area contributed by atoms with E-state index in [4.69, 9.17) is 10.8 Å². The quantitative estimate of drug-likeness (QED) is 0.564. The number of nitrogens with one attached hydrogen (secondary N) is 2. The molecule has 1 aliphatic carbocycles. The molecule has 0 aromatic heterocycles. The number of carbonyl (C=O) groups excluding carboxylic acids is 2. The Balaban J connectivity index is 2.44. The van der Waals surface area contributed by atoms with Crippen molar-refractivity contribution in [3.8, 4) is 0 Å². The summed E-state index contributed by atoms with van der Waals surface area (Å²) < 4.78 is 0. The summed E-state index contributed by atoms with van der Waals surface area (Å²) in [6.07, 6.45) is 1.61. The molecule has 1 aliphatic rings. The number of carboxylic acid groups (broad SMARTS) is 1. The van der Waals surface area contributed by atoms with E-state index in [2.05, 4.69) is 10.6 Å². The van der Waals surface area contributed by atoms with Crippen molar-refractivity contribution in [2.75, 3.05) is 0 Å². The van der Waals surface area contributed by atoms with Gasteiger partial charge < -0.3 is 21.5 Å². The van der Waals surface area contributed by atoms with E-state index in [0.717, 1.165) is 0 Å². The van der Waals surface area contributed by atoms with Crippen LogP contribution in [-0.2, 0) is 9.59 Å². The number of amides is 3. The Labute approximate surface area is 111 Å². The zero-order valence-corrected chi connectivity index (χ0v) is 11.2. The van der Waals surface area contributed by atoms with Gasteiger partial charge in [0.05, 0.1) is 5.92 Å². The van der Waals surface area contributed by atoms with Crippen LogP contribution < -0.4 is 16.4 Å². The number of carboxylic acids is 1. The topological polar surface area (TPSA) is 122 Å². The predicted molar refractivity (Wildman–Crippen MR) is 68.3 cm³/mol. The van der Waals surface area contributed by atoms with E-state index in [1.807, 2.05) is 0 Å². The molecule has 0 aromatic carbocycles. The maximum Gasteiger partial charge on any atom is 0.315 e. The molecule has 0 radical (unpaired) electrons. The first-order valence-corrected chi connectivity index (χ1v) is 6.40. The number of nitrogens with two attached hydrogens (primary N) is 1. The Bertz CT molecular complexity index is 370. The molecule has 1 rings (SSSR count). The average Bonchev–Trinajstić information content (AvgIpc) is 2.73. The Kier molecular flexibility index (Phi) is 5.14. The second kappa shape index (κ2) is 6.40. The minimum Gasteiger partial charge on any atom is -0.481 e. The Morgan fingerprint density at radius 1 is 1.26 bits per heavy atom. The third-order valence-electron chi connectivity index (χ3n) is 3.38. The van der Waals surface area contributed by atoms with Crippen LogP contribution in [0.15, 0.2) is 0 Å². The summed E-state index contributed by atoms with van der Waals surface area (Å²) in [6, 6.07) is -1.37. The molecular formula is C12H21N3O4. The molecule has 0 aromatic rings. The number of hydrogen-bond acceptors (Lipinski definition) is 3. The largest absolute Gasteiger partial charge is 0.481 e. The highest BCUT2D eigenvalue weighted by Crippen LogP contribution is 2.25. The van der Waals surface area contributed by atoms with Gasteiger partial charge in [-0.05, 0) is 25.2 Å². The molecule has 3 amide bonds. The second-order valence-electron chi connectivity index (χ2n) is 5.29. The van der Waals surface area contributed by atoms with Crippen molar-refractivity contribution in [1.82, 2.24) is 10.6 Å². The van der Waals surface area contributed by atoms with Crippen LogP contribution in [0.4, 0.5) is 4.79 Å². The van der Waals surface area contributed by atoms with Crippen molar-refractivity contribution in [2.24, 2.45) is 17.6 Å². The van der Waals surface area contributed by atoms with Crippen molar-refractivity contribution < 1.29 is 19.5 Å². The average molecular weight is 271 g/mol. The minimum absolute atomic E-state index is 0.0985. The predicted octanol–water partition coefficient (Wildman–Crippen LogP) is 0.0488. The number of hydrogen-bond donors (Lipinski definition) is 4. The molecule has 0 spiro atoms. The summed E-state index contributed by atoms with van der Waals surface area (Å²) in [7, 11) is 0. The highest BCUT2D eigenvalue weighted by molar-refractivity contribution is 5.86. The van der Waals surface area contributed by atoms with Gasteiger partial charge in [0.25, 0.3) is 0 Å². The van der Waals surface area contributed by atoms with E-state index >= 15 is 0 Å². The van der Waals surface area contributed by atoms with E-state index in [0.29, 0.717) is 19.3 Å². The Hall–Kier alpha value is -1.79. The van der Waals surface area contributed by atoms with Gasteiger partial charge in [-0.3, -0.25) is 9.59 Å². The Morgan fingerprint density at radius 3 is 2.32 bits per heavy atom. The van der Waals surface area contributed by atoms with Crippen LogP contribution in [0.5, 0.6) is 0 Å². The van der Waals surface area contributed by atoms with E-state index in [9.17, 15) is 14.4 Å². The lowest BCUT2D eigenvalue weighted by Crippen LogP contribution is -2.52. The summed E-state index contributed by atoms with van der Waals surface area (Å²) in [5.41, 5.74) is 5.20. The van der Waals surface area contributed by atoms with Crippen LogP contribution >= 0.6 is 0 Å². The number of carbonyl (C=O) groups is 3. The molecule has 0 aliphatic heterocycles. The maximum atomic E-state index is 11.7. The zero-order valence-electron chi connectivity index (χ0n) is 11.2. The van der Waals surface area contributed by atoms with Crippen molar-refractivity contribution in [3.05, 3.63) is 0 Å². The summed E-state index contributed by atoms with van der Waals surface area (Å²) in [5.74, 6) is -1.91. The molecule has 5 N–H and O–H groups in total. The normalized spacial score (nSPS) is 23.9. The smallest absolute Gasteiger partial charge is 0.315 e. The third kappa shape index (κ3) is 4.42. The van der Waals surface area contributed by atoms with E-state index < -0.39 is 29.9 Å². The van der Waals surface area contributed by atoms with Gasteiger partial charge in [-0.2, -0.15) is 0 Å². The molecule has 0 heterocycles. The second-order valence-corrected chi connectivity index (χ2v) is 5.29. The summed E-state index contributed by atoms with van der Waals surface area (Å²) in [6.45, 7) is 3.57. The number of urea groups is 1. The van der Waals surface area contributed by atoms with Crippen molar-refractivity contribution in [1.29, 1.82) is 0 Å². The fourth-order valence-corrected chi connectivity index (χ4v) is 2.27. The lowest BCUT2D eigenvalue weighted by molar-refractivity contribution is -0.141. The first-order chi connectivity index (χ1) is 8.81. The summed E-state index contributed by atoms with van der Waals surface area (Å²) in [4.78, 5) is 33.7. The van der Waals surface area contributed by atoms with Crippen LogP contribution in [0.25, 0.3) is 0 Å². The molecule has 1 fully saturated rings. The monoisotopic (exact) mass is 271 g/mol. The maximum absolute atomic E-state index is 11.7. The molecule has 108 valence electrons. The van der Waals surface area contributed by atoms with Gasteiger partial charge in [0.2, 0.25) is 5.91 Å². The van der Waals surface area contributed by atoms with E-state index in [-0.39, 0.29) is 12.0 Å². The minimum atomic E-state index is -0.832. The molecule has 0 bridgehead atoms. The van der Waals surface area contributed by atoms with Gasteiger partial charge >= 0.3 is 12.0 Å². The molecular weight excluding hydrogens is 250 g/mol. The van der Waals surface area contributed by atoms with E-state index in [1.54, 1.807) is 13.8 Å². The van der Waals surface area contributed by atoms with Crippen LogP contribution in [0.1, 0.15) is 33.1 Å². The first kappa shape index (κ1) is 15.3. The number of aliphatic carboxylic acids is 1. The highest BCUT2D eigenvalue weighted by Gasteiger charge is 2.31. The highest BCUT2D eigenvalue weighted by atomic mass is 16.4. The van der Waals surface area contributed by atoms with Gasteiger partial charge in [0.15, 0.2) is 0 Å². The summed E-state index contributed by atoms with van der Waals surface area (Å²) >= 11 is 0. The Morgan fingerprint density at radius 2 is 1.89 bits per heavy atom. The molecule has 7 heteroatoms. The zero-order chi connectivity index (χ0) is 14.6. The van der Waals surface area contributed by atoms with Crippen molar-refractivity contribution in [2.45, 2.75) is 45.2 Å². The number of rotatable bonds is 5. The SMILES string of the molecule is CC(C)C(NC(=O)N[C@H]1CC[C@@H](C(=O)O)C1)C(N)=O. The third-order valence-corrected chi connectivity index (χ3v) is 3.38. The van der Waals surface area contributed by atoms with Crippen LogP contribution in [0.3, 0.4) is 0 Å². The molecule has 19 heavy (non-hydrogen) atoms. The molecule has 3 atom stereocenters. The van der Waals surface area contributed by atoms with Gasteiger partial charge in [-0.15, -0.1) is 0 Å². The van der Waals surface area contributed by atoms with Gasteiger partial charge in [0, 0.05) is 6.04 Å². The van der Waals surface area contributed by atoms with Crippen molar-refractivity contribution in [3.63, 3.8) is 0 Å². The van der Waals surface area contributed by atoms with Crippen molar-refractivity contribution >= 4 is 17.9 Å². The van der Waals surface area contributed by atoms with Gasteiger partial charge in [0.1, 0.15) is 6.04 Å². The molecule has 1 saturated carbocycles. The standard InChI is InChI=1S/C12H21N3O4/c1-6(2)9(10(13)16)15-12(19)14-8-4-3-7(5-8)11(17)18/h6-9H,3-5H2,1-2H3,(H2,13,16)(H,17,18)(H2,14,15,19)/t7-,8+,9?/m1/s1. The van der Waals surface area contributed by atoms with Crippen LogP contribution in [0, 0.1) is 11.8 Å². The first-order valence-electron chi connectivity index (χ1n) is 6.40. The lowest BCUT2D eigenvalue weighted by Gasteiger charge is -2.21. The molecule has 1 unspecified atom stereocenters. The van der Waals surface area contributed by atoms with Gasteiger partial charge in [-0.25, -0.2) is 4.79 Å². The number of primary amides is 1. The molecule has 7 nitrogen and oxygen atoms in total. The fraction of sp³-hybridized carbons (Fsp3) is 0.750. The van der Waals surface area contributed by atoms with Gasteiger partial charge in [-0.1, -0.05) is 13.8 Å². The fourth-order valence-electron chi connectivity index (χ4n) is 2.27. The lowest BCUT2D eigenvalue weighted by atomic mass is 10.0. The molecule has 0 saturated heterocycles. The van der Waals surface area contributed by atoms with Crippen LogP contribution in [-0.4, -0.2) is 35.1 Å². The van der Waals surface area contributed by atoms with E-state index in [1.165, 1.54) is 0 Å². The van der Waals surface area contributed by atoms with Crippen LogP contribution in [0.2, 0.25) is 0 Å². The summed E-state index contributed by atoms with van der Waals surface area (Å²) in [5, 5.41) is 14.1.